The zero-order chi connectivity index (χ0) is 31.6. The number of hydrogen-bond donors (Lipinski definition) is 0. The molecule has 1 aliphatic rings. The van der Waals surface area contributed by atoms with Crippen LogP contribution in [-0.2, 0) is 0 Å². The Kier molecular flexibility index (Phi) is 6.11. The molecule has 0 N–H and O–H groups in total. The predicted octanol–water partition coefficient (Wildman–Crippen LogP) is 13.5. The first-order chi connectivity index (χ1) is 23.8. The van der Waals surface area contributed by atoms with Gasteiger partial charge in [-0.25, -0.2) is 0 Å². The monoisotopic (exact) mass is 608 g/mol. The fourth-order valence-corrected chi connectivity index (χ4v) is 8.14. The molecule has 0 nitrogen and oxygen atoms in total. The third-order valence-corrected chi connectivity index (χ3v) is 10.6. The average molecular weight is 609 g/mol. The van der Waals surface area contributed by atoms with E-state index in [0.29, 0.717) is 0 Å². The number of allylic oxidation sites excluding steroid dienone is 4. The normalized spacial score (nSPS) is 13.5. The predicted molar refractivity (Wildman–Crippen MR) is 208 cm³/mol. The molecule has 0 saturated heterocycles. The second-order valence-electron chi connectivity index (χ2n) is 13.2. The van der Waals surface area contributed by atoms with E-state index in [1.165, 1.54) is 98.4 Å². The maximum atomic E-state index is 2.37. The van der Waals surface area contributed by atoms with Gasteiger partial charge in [-0.3, -0.25) is 0 Å². The van der Waals surface area contributed by atoms with Crippen molar-refractivity contribution in [1.82, 2.24) is 0 Å². The van der Waals surface area contributed by atoms with Gasteiger partial charge in [0.15, 0.2) is 0 Å². The fourth-order valence-electron chi connectivity index (χ4n) is 8.14. The maximum absolute atomic E-state index is 2.37. The van der Waals surface area contributed by atoms with Crippen molar-refractivity contribution in [3.63, 3.8) is 0 Å². The lowest BCUT2D eigenvalue weighted by Crippen LogP contribution is -1.96. The minimum Gasteiger partial charge on any atom is -0.0616 e. The molecule has 0 radical (unpaired) electrons. The van der Waals surface area contributed by atoms with Crippen molar-refractivity contribution in [1.29, 1.82) is 0 Å². The van der Waals surface area contributed by atoms with Crippen LogP contribution in [0.1, 0.15) is 24.0 Å². The smallest absolute Gasteiger partial charge is 0.00203 e. The molecule has 0 heterocycles. The Hall–Kier alpha value is -5.98. The summed E-state index contributed by atoms with van der Waals surface area (Å²) < 4.78 is 0. The van der Waals surface area contributed by atoms with Crippen LogP contribution in [0.25, 0.3) is 87.3 Å². The molecule has 0 aliphatic heterocycles. The van der Waals surface area contributed by atoms with Crippen molar-refractivity contribution < 1.29 is 0 Å². The minimum absolute atomic E-state index is 1.04. The second kappa shape index (κ2) is 10.8. The van der Waals surface area contributed by atoms with Gasteiger partial charge in [-0.05, 0) is 117 Å². The van der Waals surface area contributed by atoms with Crippen LogP contribution in [0.2, 0.25) is 0 Å². The van der Waals surface area contributed by atoms with E-state index in [4.69, 9.17) is 0 Å². The topological polar surface area (TPSA) is 0 Å². The summed E-state index contributed by atoms with van der Waals surface area (Å²) in [6.07, 6.45) is 6.81. The summed E-state index contributed by atoms with van der Waals surface area (Å²) >= 11 is 0. The summed E-state index contributed by atoms with van der Waals surface area (Å²) in [6.45, 7) is 0. The molecular formula is C48H32. The van der Waals surface area contributed by atoms with Gasteiger partial charge in [-0.1, -0.05) is 164 Å². The summed E-state index contributed by atoms with van der Waals surface area (Å²) in [7, 11) is 0. The molecule has 9 aromatic carbocycles. The van der Waals surface area contributed by atoms with Crippen molar-refractivity contribution >= 4 is 65.0 Å². The first kappa shape index (κ1) is 27.2. The zero-order valence-corrected chi connectivity index (χ0v) is 26.6. The molecule has 0 saturated carbocycles. The highest BCUT2D eigenvalue weighted by Gasteiger charge is 2.18. The summed E-state index contributed by atoms with van der Waals surface area (Å²) in [6, 6.07) is 58.4. The maximum Gasteiger partial charge on any atom is -0.00203 e. The first-order valence-electron chi connectivity index (χ1n) is 17.0. The van der Waals surface area contributed by atoms with Gasteiger partial charge in [0, 0.05) is 0 Å². The molecule has 0 bridgehead atoms. The largest absolute Gasteiger partial charge is 0.0616 e. The van der Waals surface area contributed by atoms with Gasteiger partial charge in [-0.15, -0.1) is 0 Å². The number of benzene rings is 9. The molecule has 48 heavy (non-hydrogen) atoms. The Bertz CT molecular complexity index is 2750. The van der Waals surface area contributed by atoms with E-state index in [1.54, 1.807) is 0 Å². The van der Waals surface area contributed by atoms with E-state index >= 15 is 0 Å². The molecule has 0 unspecified atom stereocenters. The molecule has 224 valence electrons. The van der Waals surface area contributed by atoms with Gasteiger partial charge in [0.25, 0.3) is 0 Å². The lowest BCUT2D eigenvalue weighted by molar-refractivity contribution is 1.08. The zero-order valence-electron chi connectivity index (χ0n) is 26.6. The van der Waals surface area contributed by atoms with Gasteiger partial charge in [-0.2, -0.15) is 0 Å². The Balaban J connectivity index is 1.06. The highest BCUT2D eigenvalue weighted by atomic mass is 14.2. The van der Waals surface area contributed by atoms with Crippen LogP contribution >= 0.6 is 0 Å². The highest BCUT2D eigenvalue weighted by molar-refractivity contribution is 6.27. The summed E-state index contributed by atoms with van der Waals surface area (Å²) in [4.78, 5) is 0. The summed E-state index contributed by atoms with van der Waals surface area (Å²) in [5, 5.41) is 13.2. The third kappa shape index (κ3) is 4.30. The van der Waals surface area contributed by atoms with Gasteiger partial charge < -0.3 is 0 Å². The first-order valence-corrected chi connectivity index (χ1v) is 17.0. The lowest BCUT2D eigenvalue weighted by Gasteiger charge is -2.20. The minimum atomic E-state index is 1.04. The van der Waals surface area contributed by atoms with E-state index in [2.05, 4.69) is 170 Å². The van der Waals surface area contributed by atoms with Crippen molar-refractivity contribution in [3.8, 4) is 22.3 Å². The van der Waals surface area contributed by atoms with E-state index in [1.807, 2.05) is 0 Å². The highest BCUT2D eigenvalue weighted by Crippen LogP contribution is 2.43. The summed E-state index contributed by atoms with van der Waals surface area (Å²) in [5.41, 5.74) is 10.6. The van der Waals surface area contributed by atoms with Crippen LogP contribution < -0.4 is 0 Å². The van der Waals surface area contributed by atoms with Crippen LogP contribution in [-0.4, -0.2) is 0 Å². The fraction of sp³-hybridized carbons (Fsp3) is 0.0417. The average Bonchev–Trinajstić information content (AvgIpc) is 3.16. The van der Waals surface area contributed by atoms with Crippen LogP contribution in [0.5, 0.6) is 0 Å². The molecule has 0 atom stereocenters. The molecule has 10 rings (SSSR count). The molecule has 0 heteroatoms. The van der Waals surface area contributed by atoms with Gasteiger partial charge in [0.2, 0.25) is 0 Å². The molecule has 0 spiro atoms. The van der Waals surface area contributed by atoms with Crippen molar-refractivity contribution in [2.75, 3.05) is 0 Å². The van der Waals surface area contributed by atoms with Gasteiger partial charge in [0.05, 0.1) is 0 Å². The standard InChI is InChI=1S/C48H32/c1-2-8-39-30-40(21-14-31(39)6-1)32-12-15-35(16-13-32)43-26-22-37-25-29-46-44(27-23-38-24-28-45(43)47(37)48(38)46)36-19-17-34(18-20-36)42-11-5-9-33-7-3-4-10-41(33)42/h1-17,19,21-30H,18,20H2. The Labute approximate surface area is 280 Å². The molecule has 0 aromatic heterocycles. The van der Waals surface area contributed by atoms with E-state index in [0.717, 1.165) is 12.8 Å². The molecule has 0 fully saturated rings. The Morgan fingerprint density at radius 1 is 0.292 bits per heavy atom. The van der Waals surface area contributed by atoms with Crippen molar-refractivity contribution in [3.05, 3.63) is 181 Å². The van der Waals surface area contributed by atoms with E-state index in [9.17, 15) is 0 Å². The second-order valence-corrected chi connectivity index (χ2v) is 13.2. The van der Waals surface area contributed by atoms with E-state index < -0.39 is 0 Å². The quantitative estimate of drug-likeness (QED) is 0.174. The lowest BCUT2D eigenvalue weighted by atomic mass is 9.84. The van der Waals surface area contributed by atoms with Crippen molar-refractivity contribution in [2.24, 2.45) is 0 Å². The van der Waals surface area contributed by atoms with Crippen LogP contribution in [0, 0.1) is 0 Å². The Morgan fingerprint density at radius 3 is 1.54 bits per heavy atom. The van der Waals surface area contributed by atoms with Crippen molar-refractivity contribution in [2.45, 2.75) is 12.8 Å². The molecule has 1 aliphatic carbocycles. The molecule has 0 amide bonds. The van der Waals surface area contributed by atoms with Gasteiger partial charge in [0.1, 0.15) is 0 Å². The summed E-state index contributed by atoms with van der Waals surface area (Å²) in [5.74, 6) is 0. The number of fused-ring (bicyclic) bond motifs is 2. The van der Waals surface area contributed by atoms with E-state index in [-0.39, 0.29) is 0 Å². The molecular weight excluding hydrogens is 577 g/mol. The van der Waals surface area contributed by atoms with Crippen LogP contribution in [0.15, 0.2) is 170 Å². The SMILES string of the molecule is C1=C(c2cccc3ccccc23)CCC(c2ccc3ccc4c(-c5ccc(-c6ccc7ccccc7c6)cc5)ccc5ccc2c3c54)=C1. The molecule has 9 aromatic rings. The third-order valence-electron chi connectivity index (χ3n) is 10.6. The van der Waals surface area contributed by atoms with Gasteiger partial charge >= 0.3 is 0 Å². The Morgan fingerprint density at radius 2 is 0.812 bits per heavy atom. The number of rotatable bonds is 4. The van der Waals surface area contributed by atoms with Crippen LogP contribution in [0.4, 0.5) is 0 Å². The van der Waals surface area contributed by atoms with Crippen LogP contribution in [0.3, 0.4) is 0 Å². The number of hydrogen-bond acceptors (Lipinski definition) is 0.